The molecule has 1 saturated carbocycles. The molecule has 0 aromatic heterocycles. The molecule has 0 bridgehead atoms. The molecule has 1 aliphatic carbocycles. The number of ether oxygens (including phenoxy) is 1. The maximum absolute atomic E-state index is 6.07. The Morgan fingerprint density at radius 2 is 1.71 bits per heavy atom. The van der Waals surface area contributed by atoms with E-state index in [1.807, 2.05) is 48.5 Å². The first kappa shape index (κ1) is 14.0. The Bertz CT molecular complexity index is 570. The summed E-state index contributed by atoms with van der Waals surface area (Å²) >= 11 is 0. The van der Waals surface area contributed by atoms with E-state index in [0.717, 1.165) is 30.0 Å². The van der Waals surface area contributed by atoms with E-state index in [1.165, 1.54) is 12.8 Å². The van der Waals surface area contributed by atoms with Gasteiger partial charge < -0.3 is 15.8 Å². The van der Waals surface area contributed by atoms with E-state index in [2.05, 4.69) is 11.4 Å². The number of para-hydroxylation sites is 3. The van der Waals surface area contributed by atoms with Crippen molar-refractivity contribution in [2.24, 2.45) is 5.73 Å². The van der Waals surface area contributed by atoms with Gasteiger partial charge in [0.15, 0.2) is 5.75 Å². The Morgan fingerprint density at radius 1 is 0.952 bits per heavy atom. The van der Waals surface area contributed by atoms with E-state index in [0.29, 0.717) is 12.1 Å². The van der Waals surface area contributed by atoms with Crippen LogP contribution in [0.4, 0.5) is 5.69 Å². The van der Waals surface area contributed by atoms with Gasteiger partial charge in [-0.2, -0.15) is 0 Å². The minimum Gasteiger partial charge on any atom is -0.455 e. The van der Waals surface area contributed by atoms with Crippen LogP contribution in [-0.2, 0) is 0 Å². The molecule has 0 aliphatic heterocycles. The third kappa shape index (κ3) is 3.76. The quantitative estimate of drug-likeness (QED) is 0.885. The average molecular weight is 282 g/mol. The van der Waals surface area contributed by atoms with Gasteiger partial charge in [-0.15, -0.1) is 0 Å². The van der Waals surface area contributed by atoms with Crippen molar-refractivity contribution in [1.29, 1.82) is 0 Å². The van der Waals surface area contributed by atoms with E-state index in [1.54, 1.807) is 0 Å². The second-order valence-electron chi connectivity index (χ2n) is 5.68. The molecule has 21 heavy (non-hydrogen) atoms. The van der Waals surface area contributed by atoms with Crippen LogP contribution in [0.3, 0.4) is 0 Å². The molecule has 1 fully saturated rings. The highest BCUT2D eigenvalue weighted by molar-refractivity contribution is 5.58. The highest BCUT2D eigenvalue weighted by Gasteiger charge is 2.19. The van der Waals surface area contributed by atoms with E-state index in [9.17, 15) is 0 Å². The molecular weight excluding hydrogens is 260 g/mol. The van der Waals surface area contributed by atoms with Gasteiger partial charge in [0, 0.05) is 12.1 Å². The van der Waals surface area contributed by atoms with Gasteiger partial charge in [-0.25, -0.2) is 0 Å². The van der Waals surface area contributed by atoms with E-state index >= 15 is 0 Å². The lowest BCUT2D eigenvalue weighted by molar-refractivity contribution is 0.407. The first-order chi connectivity index (χ1) is 10.3. The highest BCUT2D eigenvalue weighted by atomic mass is 16.5. The van der Waals surface area contributed by atoms with Crippen molar-refractivity contribution < 1.29 is 4.74 Å². The zero-order valence-corrected chi connectivity index (χ0v) is 12.2. The molecule has 0 heterocycles. The van der Waals surface area contributed by atoms with Crippen molar-refractivity contribution in [3.05, 3.63) is 54.6 Å². The molecule has 3 rings (SSSR count). The summed E-state index contributed by atoms with van der Waals surface area (Å²) in [4.78, 5) is 0. The second kappa shape index (κ2) is 6.64. The SMILES string of the molecule is NC1CCCC(Nc2ccccc2Oc2ccccc2)C1. The van der Waals surface area contributed by atoms with Crippen LogP contribution in [0.5, 0.6) is 11.5 Å². The Labute approximate surface area is 126 Å². The van der Waals surface area contributed by atoms with Gasteiger partial charge in [-0.05, 0) is 49.9 Å². The molecule has 3 heteroatoms. The summed E-state index contributed by atoms with van der Waals surface area (Å²) < 4.78 is 5.98. The maximum Gasteiger partial charge on any atom is 0.150 e. The predicted molar refractivity (Wildman–Crippen MR) is 86.8 cm³/mol. The zero-order chi connectivity index (χ0) is 14.5. The lowest BCUT2D eigenvalue weighted by Gasteiger charge is -2.28. The van der Waals surface area contributed by atoms with E-state index in [-0.39, 0.29) is 0 Å². The molecule has 3 N–H and O–H groups in total. The number of nitrogens with one attached hydrogen (secondary N) is 1. The fraction of sp³-hybridized carbons (Fsp3) is 0.333. The molecule has 2 atom stereocenters. The van der Waals surface area contributed by atoms with Crippen molar-refractivity contribution in [2.45, 2.75) is 37.8 Å². The van der Waals surface area contributed by atoms with Gasteiger partial charge in [-0.1, -0.05) is 30.3 Å². The molecule has 1 aliphatic rings. The smallest absolute Gasteiger partial charge is 0.150 e. The number of rotatable bonds is 4. The summed E-state index contributed by atoms with van der Waals surface area (Å²) in [6.45, 7) is 0. The summed E-state index contributed by atoms with van der Waals surface area (Å²) in [5, 5.41) is 3.60. The average Bonchev–Trinajstić information content (AvgIpc) is 2.50. The van der Waals surface area contributed by atoms with Gasteiger partial charge in [0.1, 0.15) is 5.75 Å². The molecule has 110 valence electrons. The molecule has 3 nitrogen and oxygen atoms in total. The molecule has 0 amide bonds. The summed E-state index contributed by atoms with van der Waals surface area (Å²) in [5.41, 5.74) is 7.11. The Balaban J connectivity index is 1.73. The Kier molecular flexibility index (Phi) is 4.41. The Hall–Kier alpha value is -2.00. The summed E-state index contributed by atoms with van der Waals surface area (Å²) in [5.74, 6) is 1.72. The number of hydrogen-bond acceptors (Lipinski definition) is 3. The monoisotopic (exact) mass is 282 g/mol. The van der Waals surface area contributed by atoms with Crippen LogP contribution in [0.15, 0.2) is 54.6 Å². The van der Waals surface area contributed by atoms with Crippen molar-refractivity contribution in [3.63, 3.8) is 0 Å². The number of benzene rings is 2. The van der Waals surface area contributed by atoms with Crippen molar-refractivity contribution in [1.82, 2.24) is 0 Å². The molecule has 0 saturated heterocycles. The minimum atomic E-state index is 0.318. The number of nitrogens with two attached hydrogens (primary N) is 1. The van der Waals surface area contributed by atoms with Crippen molar-refractivity contribution in [3.8, 4) is 11.5 Å². The fourth-order valence-electron chi connectivity index (χ4n) is 2.87. The van der Waals surface area contributed by atoms with E-state index in [4.69, 9.17) is 10.5 Å². The fourth-order valence-corrected chi connectivity index (χ4v) is 2.87. The minimum absolute atomic E-state index is 0.318. The predicted octanol–water partition coefficient (Wildman–Crippen LogP) is 4.16. The molecule has 0 radical (unpaired) electrons. The summed E-state index contributed by atoms with van der Waals surface area (Å²) in [7, 11) is 0. The van der Waals surface area contributed by atoms with Gasteiger partial charge in [0.05, 0.1) is 5.69 Å². The third-order valence-corrected chi connectivity index (χ3v) is 3.93. The molecule has 0 spiro atoms. The summed E-state index contributed by atoms with van der Waals surface area (Å²) in [6.07, 6.45) is 4.54. The second-order valence-corrected chi connectivity index (χ2v) is 5.68. The van der Waals surface area contributed by atoms with Crippen LogP contribution in [0.2, 0.25) is 0 Å². The van der Waals surface area contributed by atoms with Gasteiger partial charge in [0.2, 0.25) is 0 Å². The third-order valence-electron chi connectivity index (χ3n) is 3.93. The number of anilines is 1. The van der Waals surface area contributed by atoms with E-state index < -0.39 is 0 Å². The van der Waals surface area contributed by atoms with Crippen molar-refractivity contribution in [2.75, 3.05) is 5.32 Å². The molecule has 2 aromatic carbocycles. The van der Waals surface area contributed by atoms with Crippen LogP contribution >= 0.6 is 0 Å². The van der Waals surface area contributed by atoms with Gasteiger partial charge in [-0.3, -0.25) is 0 Å². The van der Waals surface area contributed by atoms with Crippen LogP contribution in [0.25, 0.3) is 0 Å². The molecule has 2 aromatic rings. The molecular formula is C18H22N2O. The van der Waals surface area contributed by atoms with Crippen LogP contribution in [0.1, 0.15) is 25.7 Å². The highest BCUT2D eigenvalue weighted by Crippen LogP contribution is 2.31. The van der Waals surface area contributed by atoms with Gasteiger partial charge in [0.25, 0.3) is 0 Å². The lowest BCUT2D eigenvalue weighted by atomic mass is 9.91. The Morgan fingerprint density at radius 3 is 2.52 bits per heavy atom. The van der Waals surface area contributed by atoms with Crippen molar-refractivity contribution >= 4 is 5.69 Å². The first-order valence-electron chi connectivity index (χ1n) is 7.65. The normalized spacial score (nSPS) is 21.8. The topological polar surface area (TPSA) is 47.3 Å². The van der Waals surface area contributed by atoms with Crippen LogP contribution in [0, 0.1) is 0 Å². The molecule has 2 unspecified atom stereocenters. The maximum atomic E-state index is 6.07. The van der Waals surface area contributed by atoms with Gasteiger partial charge >= 0.3 is 0 Å². The van der Waals surface area contributed by atoms with Crippen LogP contribution in [-0.4, -0.2) is 12.1 Å². The van der Waals surface area contributed by atoms with Crippen LogP contribution < -0.4 is 15.8 Å². The largest absolute Gasteiger partial charge is 0.455 e. The lowest BCUT2D eigenvalue weighted by Crippen LogP contribution is -2.34. The first-order valence-corrected chi connectivity index (χ1v) is 7.65. The summed E-state index contributed by atoms with van der Waals surface area (Å²) in [6, 6.07) is 18.7. The number of hydrogen-bond donors (Lipinski definition) is 2. The standard InChI is InChI=1S/C18H22N2O/c19-14-7-6-8-15(13-14)20-17-11-4-5-12-18(17)21-16-9-2-1-3-10-16/h1-5,9-12,14-15,20H,6-8,13,19H2. The zero-order valence-electron chi connectivity index (χ0n) is 12.2.